The number of halogens is 1. The van der Waals surface area contributed by atoms with Gasteiger partial charge in [0.15, 0.2) is 0 Å². The van der Waals surface area contributed by atoms with Crippen LogP contribution >= 0.6 is 11.6 Å². The molecule has 102 valence electrons. The molecule has 5 heteroatoms. The zero-order valence-corrected chi connectivity index (χ0v) is 12.2. The third kappa shape index (κ3) is 2.73. The van der Waals surface area contributed by atoms with Crippen molar-refractivity contribution in [2.24, 2.45) is 0 Å². The summed E-state index contributed by atoms with van der Waals surface area (Å²) in [6.45, 7) is 4.96. The minimum atomic E-state index is 0.0636. The summed E-state index contributed by atoms with van der Waals surface area (Å²) in [6, 6.07) is 6.02. The molecule has 0 aliphatic rings. The lowest BCUT2D eigenvalue weighted by Gasteiger charge is -2.16. The van der Waals surface area contributed by atoms with Gasteiger partial charge in [-0.3, -0.25) is 4.79 Å². The monoisotopic (exact) mass is 279 g/mol. The molecule has 0 radical (unpaired) electrons. The van der Waals surface area contributed by atoms with Crippen LogP contribution in [0, 0.1) is 6.92 Å². The lowest BCUT2D eigenvalue weighted by Crippen LogP contribution is -2.30. The molecule has 0 saturated carbocycles. The fourth-order valence-electron chi connectivity index (χ4n) is 2.00. The van der Waals surface area contributed by atoms with Gasteiger partial charge in [0, 0.05) is 13.6 Å². The van der Waals surface area contributed by atoms with Crippen molar-refractivity contribution in [3.63, 3.8) is 0 Å². The number of hydrogen-bond donors (Lipinski definition) is 0. The molecule has 0 N–H and O–H groups in total. The average molecular weight is 280 g/mol. The first-order valence-electron chi connectivity index (χ1n) is 6.32. The van der Waals surface area contributed by atoms with Gasteiger partial charge in [0.2, 0.25) is 5.91 Å². The van der Waals surface area contributed by atoms with Crippen molar-refractivity contribution < 1.29 is 4.79 Å². The maximum Gasteiger partial charge on any atom is 0.242 e. The molecule has 0 saturated heterocycles. The summed E-state index contributed by atoms with van der Waals surface area (Å²) in [6.07, 6.45) is 0. The van der Waals surface area contributed by atoms with Crippen molar-refractivity contribution in [3.8, 4) is 0 Å². The maximum atomic E-state index is 12.1. The molecular formula is C14H18ClN3O. The molecular weight excluding hydrogens is 262 g/mol. The third-order valence-electron chi connectivity index (χ3n) is 3.30. The lowest BCUT2D eigenvalue weighted by molar-refractivity contribution is -0.130. The second kappa shape index (κ2) is 5.61. The first-order valence-corrected chi connectivity index (χ1v) is 6.86. The highest BCUT2D eigenvalue weighted by molar-refractivity contribution is 6.16. The summed E-state index contributed by atoms with van der Waals surface area (Å²) in [4.78, 5) is 18.2. The lowest BCUT2D eigenvalue weighted by atomic mass is 10.2. The van der Waals surface area contributed by atoms with Gasteiger partial charge in [0.25, 0.3) is 0 Å². The fourth-order valence-corrected chi connectivity index (χ4v) is 2.20. The molecule has 2 aromatic rings. The van der Waals surface area contributed by atoms with E-state index in [4.69, 9.17) is 11.6 Å². The molecule has 0 bridgehead atoms. The number of fused-ring (bicyclic) bond motifs is 1. The third-order valence-corrected chi connectivity index (χ3v) is 3.53. The van der Waals surface area contributed by atoms with E-state index in [0.29, 0.717) is 12.4 Å². The Morgan fingerprint density at radius 1 is 1.47 bits per heavy atom. The number of alkyl halides is 1. The predicted octanol–water partition coefficient (Wildman–Crippen LogP) is 2.56. The smallest absolute Gasteiger partial charge is 0.242 e. The number of rotatable bonds is 4. The van der Waals surface area contributed by atoms with Gasteiger partial charge in [0.1, 0.15) is 12.4 Å². The number of imidazole rings is 1. The Labute approximate surface area is 118 Å². The minimum absolute atomic E-state index is 0.0636. The van der Waals surface area contributed by atoms with Gasteiger partial charge in [-0.05, 0) is 31.5 Å². The summed E-state index contributed by atoms with van der Waals surface area (Å²) in [5.41, 5.74) is 3.00. The largest absolute Gasteiger partial charge is 0.344 e. The van der Waals surface area contributed by atoms with E-state index in [2.05, 4.69) is 4.98 Å². The Bertz CT molecular complexity index is 606. The molecule has 0 fully saturated rings. The zero-order chi connectivity index (χ0) is 14.0. The molecule has 1 heterocycles. The van der Waals surface area contributed by atoms with E-state index in [1.165, 1.54) is 0 Å². The number of likely N-dealkylation sites (N-methyl/N-ethyl adjacent to an activating group) is 1. The Morgan fingerprint density at radius 3 is 2.84 bits per heavy atom. The fraction of sp³-hybridized carbons (Fsp3) is 0.429. The van der Waals surface area contributed by atoms with Gasteiger partial charge < -0.3 is 9.47 Å². The number of carbonyl (C=O) groups is 1. The van der Waals surface area contributed by atoms with Crippen LogP contribution in [0.15, 0.2) is 18.2 Å². The summed E-state index contributed by atoms with van der Waals surface area (Å²) >= 11 is 5.93. The molecule has 1 amide bonds. The first-order chi connectivity index (χ1) is 9.06. The first kappa shape index (κ1) is 13.9. The SMILES string of the molecule is CCN(C)C(=O)Cn1c(CCl)nc2cc(C)ccc21. The van der Waals surface area contributed by atoms with E-state index in [9.17, 15) is 4.79 Å². The number of aromatic nitrogens is 2. The molecule has 4 nitrogen and oxygen atoms in total. The highest BCUT2D eigenvalue weighted by atomic mass is 35.5. The van der Waals surface area contributed by atoms with Gasteiger partial charge >= 0.3 is 0 Å². The van der Waals surface area contributed by atoms with Crippen LogP contribution in [0.1, 0.15) is 18.3 Å². The number of hydrogen-bond acceptors (Lipinski definition) is 2. The average Bonchev–Trinajstić information content (AvgIpc) is 2.74. The predicted molar refractivity (Wildman–Crippen MR) is 77.3 cm³/mol. The highest BCUT2D eigenvalue weighted by Crippen LogP contribution is 2.19. The van der Waals surface area contributed by atoms with Crippen LogP contribution in [0.4, 0.5) is 0 Å². The van der Waals surface area contributed by atoms with Crippen molar-refractivity contribution in [3.05, 3.63) is 29.6 Å². The molecule has 0 unspecified atom stereocenters. The van der Waals surface area contributed by atoms with Gasteiger partial charge in [-0.1, -0.05) is 6.07 Å². The summed E-state index contributed by atoms with van der Waals surface area (Å²) in [5.74, 6) is 1.10. The van der Waals surface area contributed by atoms with Gasteiger partial charge in [-0.25, -0.2) is 4.98 Å². The quantitative estimate of drug-likeness (QED) is 0.807. The van der Waals surface area contributed by atoms with Gasteiger partial charge in [-0.15, -0.1) is 11.6 Å². The molecule has 1 aromatic carbocycles. The van der Waals surface area contributed by atoms with E-state index in [0.717, 1.165) is 22.4 Å². The van der Waals surface area contributed by atoms with Crippen LogP contribution in [-0.2, 0) is 17.2 Å². The Morgan fingerprint density at radius 2 is 2.21 bits per heavy atom. The normalized spacial score (nSPS) is 10.9. The highest BCUT2D eigenvalue weighted by Gasteiger charge is 2.14. The van der Waals surface area contributed by atoms with Crippen molar-refractivity contribution in [2.45, 2.75) is 26.3 Å². The van der Waals surface area contributed by atoms with E-state index < -0.39 is 0 Å². The summed E-state index contributed by atoms with van der Waals surface area (Å²) in [7, 11) is 1.80. The van der Waals surface area contributed by atoms with Crippen LogP contribution in [0.3, 0.4) is 0 Å². The van der Waals surface area contributed by atoms with E-state index in [1.807, 2.05) is 36.6 Å². The van der Waals surface area contributed by atoms with Gasteiger partial charge in [-0.2, -0.15) is 0 Å². The molecule has 1 aromatic heterocycles. The Kier molecular flexibility index (Phi) is 4.10. The van der Waals surface area contributed by atoms with Crippen LogP contribution in [-0.4, -0.2) is 34.0 Å². The van der Waals surface area contributed by atoms with Crippen molar-refractivity contribution in [2.75, 3.05) is 13.6 Å². The number of carbonyl (C=O) groups excluding carboxylic acids is 1. The standard InChI is InChI=1S/C14H18ClN3O/c1-4-17(3)14(19)9-18-12-6-5-10(2)7-11(12)16-13(18)8-15/h5-7H,4,8-9H2,1-3H3. The van der Waals surface area contributed by atoms with Gasteiger partial charge in [0.05, 0.1) is 16.9 Å². The second-order valence-electron chi connectivity index (χ2n) is 4.65. The molecule has 19 heavy (non-hydrogen) atoms. The number of benzene rings is 1. The number of nitrogens with zero attached hydrogens (tertiary/aromatic N) is 3. The minimum Gasteiger partial charge on any atom is -0.344 e. The van der Waals surface area contributed by atoms with Crippen molar-refractivity contribution in [1.82, 2.24) is 14.5 Å². The summed E-state index contributed by atoms with van der Waals surface area (Å²) < 4.78 is 1.90. The van der Waals surface area contributed by atoms with Crippen molar-refractivity contribution >= 4 is 28.5 Å². The van der Waals surface area contributed by atoms with Crippen LogP contribution < -0.4 is 0 Å². The zero-order valence-electron chi connectivity index (χ0n) is 11.5. The molecule has 2 rings (SSSR count). The molecule has 0 aliphatic carbocycles. The van der Waals surface area contributed by atoms with Crippen molar-refractivity contribution in [1.29, 1.82) is 0 Å². The Hall–Kier alpha value is -1.55. The van der Waals surface area contributed by atoms with Crippen LogP contribution in [0.25, 0.3) is 11.0 Å². The number of amides is 1. The van der Waals surface area contributed by atoms with Crippen LogP contribution in [0.2, 0.25) is 0 Å². The van der Waals surface area contributed by atoms with E-state index in [1.54, 1.807) is 11.9 Å². The summed E-state index contributed by atoms with van der Waals surface area (Å²) in [5, 5.41) is 0. The molecule has 0 aliphatic heterocycles. The maximum absolute atomic E-state index is 12.1. The van der Waals surface area contributed by atoms with E-state index >= 15 is 0 Å². The molecule has 0 spiro atoms. The van der Waals surface area contributed by atoms with E-state index in [-0.39, 0.29) is 12.5 Å². The second-order valence-corrected chi connectivity index (χ2v) is 4.92. The molecule has 0 atom stereocenters. The Balaban J connectivity index is 2.43. The topological polar surface area (TPSA) is 38.1 Å². The number of aryl methyl sites for hydroxylation is 1. The van der Waals surface area contributed by atoms with Crippen LogP contribution in [0.5, 0.6) is 0 Å².